The Labute approximate surface area is 131 Å². The van der Waals surface area contributed by atoms with Gasteiger partial charge in [0.1, 0.15) is 5.82 Å². The van der Waals surface area contributed by atoms with Gasteiger partial charge in [-0.15, -0.1) is 0 Å². The Bertz CT molecular complexity index is 509. The van der Waals surface area contributed by atoms with Crippen molar-refractivity contribution >= 4 is 33.4 Å². The van der Waals surface area contributed by atoms with E-state index in [9.17, 15) is 14.0 Å². The van der Waals surface area contributed by atoms with Crippen LogP contribution < -0.4 is 10.6 Å². The van der Waals surface area contributed by atoms with E-state index in [4.69, 9.17) is 4.74 Å². The second kappa shape index (κ2) is 8.74. The summed E-state index contributed by atoms with van der Waals surface area (Å²) in [5, 5.41) is 4.66. The van der Waals surface area contributed by atoms with Crippen LogP contribution in [0.25, 0.3) is 0 Å². The average molecular weight is 361 g/mol. The second-order valence-corrected chi connectivity index (χ2v) is 5.52. The van der Waals surface area contributed by atoms with Gasteiger partial charge < -0.3 is 15.4 Å². The number of hydrogen-bond donors (Lipinski definition) is 2. The maximum Gasteiger partial charge on any atom is 0.313 e. The van der Waals surface area contributed by atoms with E-state index in [2.05, 4.69) is 26.6 Å². The first-order chi connectivity index (χ1) is 9.90. The SMILES string of the molecule is CC(C)OCCCNC(=O)C(=O)Nc1ccc(Br)cc1F. The molecule has 0 fully saturated rings. The predicted molar refractivity (Wildman–Crippen MR) is 81.4 cm³/mol. The van der Waals surface area contributed by atoms with Crippen molar-refractivity contribution in [3.8, 4) is 0 Å². The summed E-state index contributed by atoms with van der Waals surface area (Å²) in [5.41, 5.74) is -0.0403. The lowest BCUT2D eigenvalue weighted by molar-refractivity contribution is -0.136. The predicted octanol–water partition coefficient (Wildman–Crippen LogP) is 2.46. The van der Waals surface area contributed by atoms with Crippen molar-refractivity contribution in [3.63, 3.8) is 0 Å². The van der Waals surface area contributed by atoms with Gasteiger partial charge >= 0.3 is 11.8 Å². The number of carbonyl (C=O) groups is 2. The van der Waals surface area contributed by atoms with Crippen LogP contribution in [-0.2, 0) is 14.3 Å². The van der Waals surface area contributed by atoms with E-state index in [-0.39, 0.29) is 11.8 Å². The summed E-state index contributed by atoms with van der Waals surface area (Å²) in [7, 11) is 0. The van der Waals surface area contributed by atoms with Crippen molar-refractivity contribution in [1.82, 2.24) is 5.32 Å². The normalized spacial score (nSPS) is 10.5. The molecule has 1 rings (SSSR count). The van der Waals surface area contributed by atoms with Gasteiger partial charge in [0.2, 0.25) is 0 Å². The lowest BCUT2D eigenvalue weighted by Gasteiger charge is -2.09. The highest BCUT2D eigenvalue weighted by Crippen LogP contribution is 2.19. The fraction of sp³-hybridized carbons (Fsp3) is 0.429. The van der Waals surface area contributed by atoms with Crippen molar-refractivity contribution < 1.29 is 18.7 Å². The molecule has 7 heteroatoms. The lowest BCUT2D eigenvalue weighted by atomic mass is 10.3. The van der Waals surface area contributed by atoms with Crippen LogP contribution in [0.1, 0.15) is 20.3 Å². The average Bonchev–Trinajstić information content (AvgIpc) is 2.40. The highest BCUT2D eigenvalue weighted by molar-refractivity contribution is 9.10. The van der Waals surface area contributed by atoms with E-state index in [1.807, 2.05) is 13.8 Å². The van der Waals surface area contributed by atoms with Crippen molar-refractivity contribution in [2.24, 2.45) is 0 Å². The summed E-state index contributed by atoms with van der Waals surface area (Å²) in [6.45, 7) is 4.65. The molecule has 0 heterocycles. The quantitative estimate of drug-likeness (QED) is 0.604. The Morgan fingerprint density at radius 3 is 2.67 bits per heavy atom. The van der Waals surface area contributed by atoms with Crippen molar-refractivity contribution in [2.45, 2.75) is 26.4 Å². The van der Waals surface area contributed by atoms with E-state index < -0.39 is 17.6 Å². The molecule has 1 aromatic carbocycles. The summed E-state index contributed by atoms with van der Waals surface area (Å²) >= 11 is 3.11. The Morgan fingerprint density at radius 1 is 1.33 bits per heavy atom. The molecule has 0 saturated heterocycles. The van der Waals surface area contributed by atoms with Gasteiger partial charge in [-0.25, -0.2) is 4.39 Å². The molecule has 21 heavy (non-hydrogen) atoms. The van der Waals surface area contributed by atoms with Gasteiger partial charge in [-0.3, -0.25) is 9.59 Å². The maximum absolute atomic E-state index is 13.5. The third-order valence-corrected chi connectivity index (χ3v) is 2.94. The van der Waals surface area contributed by atoms with Crippen LogP contribution in [0.4, 0.5) is 10.1 Å². The Hall–Kier alpha value is -1.47. The van der Waals surface area contributed by atoms with Crippen LogP contribution in [0.2, 0.25) is 0 Å². The molecule has 0 aromatic heterocycles. The molecule has 1 aromatic rings. The topological polar surface area (TPSA) is 67.4 Å². The Balaban J connectivity index is 2.36. The first kappa shape index (κ1) is 17.6. The number of halogens is 2. The summed E-state index contributed by atoms with van der Waals surface area (Å²) in [6.07, 6.45) is 0.730. The number of ether oxygens (including phenoxy) is 1. The summed E-state index contributed by atoms with van der Waals surface area (Å²) < 4.78 is 19.4. The van der Waals surface area contributed by atoms with Crippen LogP contribution in [0.15, 0.2) is 22.7 Å². The fourth-order valence-corrected chi connectivity index (χ4v) is 1.78. The van der Waals surface area contributed by atoms with Crippen LogP contribution >= 0.6 is 15.9 Å². The molecule has 116 valence electrons. The van der Waals surface area contributed by atoms with Gasteiger partial charge in [0.15, 0.2) is 0 Å². The second-order valence-electron chi connectivity index (χ2n) is 4.61. The van der Waals surface area contributed by atoms with Gasteiger partial charge in [0.25, 0.3) is 0 Å². The Kier molecular flexibility index (Phi) is 7.31. The highest BCUT2D eigenvalue weighted by Gasteiger charge is 2.15. The third-order valence-electron chi connectivity index (χ3n) is 2.44. The molecular formula is C14H18BrFN2O3. The standard InChI is InChI=1S/C14H18BrFN2O3/c1-9(2)21-7-3-6-17-13(19)14(20)18-12-5-4-10(15)8-11(12)16/h4-5,8-9H,3,6-7H2,1-2H3,(H,17,19)(H,18,20). The summed E-state index contributed by atoms with van der Waals surface area (Å²) in [5.74, 6) is -2.32. The number of anilines is 1. The van der Waals surface area contributed by atoms with Crippen molar-refractivity contribution in [2.75, 3.05) is 18.5 Å². The molecule has 2 amide bonds. The zero-order valence-corrected chi connectivity index (χ0v) is 13.5. The molecule has 0 aliphatic heterocycles. The lowest BCUT2D eigenvalue weighted by Crippen LogP contribution is -2.36. The van der Waals surface area contributed by atoms with Gasteiger partial charge in [-0.2, -0.15) is 0 Å². The molecule has 0 aliphatic rings. The molecule has 0 atom stereocenters. The minimum absolute atomic E-state index is 0.0403. The largest absolute Gasteiger partial charge is 0.379 e. The van der Waals surface area contributed by atoms with E-state index in [0.717, 1.165) is 0 Å². The number of hydrogen-bond acceptors (Lipinski definition) is 3. The molecule has 0 unspecified atom stereocenters. The molecule has 0 aliphatic carbocycles. The molecule has 0 spiro atoms. The highest BCUT2D eigenvalue weighted by atomic mass is 79.9. The summed E-state index contributed by atoms with van der Waals surface area (Å²) in [6, 6.07) is 4.15. The third kappa shape index (κ3) is 6.68. The smallest absolute Gasteiger partial charge is 0.313 e. The first-order valence-electron chi connectivity index (χ1n) is 6.56. The fourth-order valence-electron chi connectivity index (χ4n) is 1.44. The number of carbonyl (C=O) groups excluding carboxylic acids is 2. The zero-order chi connectivity index (χ0) is 15.8. The molecule has 0 saturated carbocycles. The molecule has 0 radical (unpaired) electrons. The number of benzene rings is 1. The molecule has 2 N–H and O–H groups in total. The van der Waals surface area contributed by atoms with E-state index >= 15 is 0 Å². The molecule has 0 bridgehead atoms. The molecular weight excluding hydrogens is 343 g/mol. The minimum atomic E-state index is -0.902. The maximum atomic E-state index is 13.5. The van der Waals surface area contributed by atoms with Crippen LogP contribution in [0, 0.1) is 5.82 Å². The monoisotopic (exact) mass is 360 g/mol. The number of amides is 2. The minimum Gasteiger partial charge on any atom is -0.379 e. The van der Waals surface area contributed by atoms with E-state index in [1.165, 1.54) is 12.1 Å². The Morgan fingerprint density at radius 2 is 2.05 bits per heavy atom. The van der Waals surface area contributed by atoms with E-state index in [1.54, 1.807) is 6.07 Å². The van der Waals surface area contributed by atoms with Gasteiger partial charge in [0, 0.05) is 17.6 Å². The van der Waals surface area contributed by atoms with E-state index in [0.29, 0.717) is 24.0 Å². The van der Waals surface area contributed by atoms with Gasteiger partial charge in [0.05, 0.1) is 11.8 Å². The van der Waals surface area contributed by atoms with Crippen LogP contribution in [-0.4, -0.2) is 31.1 Å². The zero-order valence-electron chi connectivity index (χ0n) is 11.9. The molecule has 5 nitrogen and oxygen atoms in total. The van der Waals surface area contributed by atoms with Gasteiger partial charge in [-0.05, 0) is 38.5 Å². The number of nitrogens with one attached hydrogen (secondary N) is 2. The summed E-state index contributed by atoms with van der Waals surface area (Å²) in [4.78, 5) is 23.1. The number of rotatable bonds is 6. The first-order valence-corrected chi connectivity index (χ1v) is 7.35. The van der Waals surface area contributed by atoms with Crippen LogP contribution in [0.5, 0.6) is 0 Å². The van der Waals surface area contributed by atoms with Crippen LogP contribution in [0.3, 0.4) is 0 Å². The van der Waals surface area contributed by atoms with Crippen molar-refractivity contribution in [1.29, 1.82) is 0 Å². The van der Waals surface area contributed by atoms with Crippen molar-refractivity contribution in [3.05, 3.63) is 28.5 Å². The van der Waals surface area contributed by atoms with Gasteiger partial charge in [-0.1, -0.05) is 15.9 Å².